The van der Waals surface area contributed by atoms with Crippen LogP contribution in [0.4, 0.5) is 0 Å². The largest absolute Gasteiger partial charge is 0.494 e. The van der Waals surface area contributed by atoms with E-state index in [9.17, 15) is 9.59 Å². The Kier molecular flexibility index (Phi) is 6.58. The van der Waals surface area contributed by atoms with E-state index in [1.807, 2.05) is 0 Å². The first-order valence-electron chi connectivity index (χ1n) is 10.9. The first kappa shape index (κ1) is 23.7. The quantitative estimate of drug-likeness (QED) is 0.323. The molecule has 0 radical (unpaired) electrons. The van der Waals surface area contributed by atoms with Crippen LogP contribution in [0.2, 0.25) is 0 Å². The van der Waals surface area contributed by atoms with Gasteiger partial charge in [-0.15, -0.1) is 0 Å². The van der Waals surface area contributed by atoms with Crippen LogP contribution in [0.5, 0.6) is 28.7 Å². The van der Waals surface area contributed by atoms with Crippen molar-refractivity contribution in [2.75, 3.05) is 13.4 Å². The van der Waals surface area contributed by atoms with Gasteiger partial charge in [-0.3, -0.25) is 9.59 Å². The summed E-state index contributed by atoms with van der Waals surface area (Å²) in [6.45, 7) is 13.2. The summed E-state index contributed by atoms with van der Waals surface area (Å²) in [6.07, 6.45) is 1.92. The van der Waals surface area contributed by atoms with E-state index in [2.05, 4.69) is 6.92 Å². The smallest absolute Gasteiger partial charge is 0.316 e. The van der Waals surface area contributed by atoms with Gasteiger partial charge < -0.3 is 23.7 Å². The zero-order valence-electron chi connectivity index (χ0n) is 19.9. The minimum atomic E-state index is -0.731. The predicted octanol–water partition coefficient (Wildman–Crippen LogP) is 5.65. The summed E-state index contributed by atoms with van der Waals surface area (Å²) in [5.41, 5.74) is -1.45. The first-order valence-corrected chi connectivity index (χ1v) is 10.9. The van der Waals surface area contributed by atoms with Crippen molar-refractivity contribution in [1.82, 2.24) is 0 Å². The van der Waals surface area contributed by atoms with Gasteiger partial charge in [0.05, 0.1) is 17.4 Å². The molecule has 0 spiro atoms. The molecule has 32 heavy (non-hydrogen) atoms. The normalized spacial score (nSPS) is 13.2. The van der Waals surface area contributed by atoms with Crippen molar-refractivity contribution in [2.24, 2.45) is 10.8 Å². The lowest BCUT2D eigenvalue weighted by atomic mass is 9.97. The van der Waals surface area contributed by atoms with E-state index in [0.29, 0.717) is 23.1 Å². The molecule has 0 bridgehead atoms. The molecule has 0 fully saturated rings. The highest BCUT2D eigenvalue weighted by Crippen LogP contribution is 2.54. The third-order valence-electron chi connectivity index (χ3n) is 4.89. The van der Waals surface area contributed by atoms with Gasteiger partial charge in [0.25, 0.3) is 0 Å². The van der Waals surface area contributed by atoms with E-state index in [4.69, 9.17) is 23.7 Å². The van der Waals surface area contributed by atoms with Gasteiger partial charge in [0, 0.05) is 10.8 Å². The van der Waals surface area contributed by atoms with Crippen molar-refractivity contribution in [1.29, 1.82) is 0 Å². The Balaban J connectivity index is 2.19. The minimum Gasteiger partial charge on any atom is -0.494 e. The van der Waals surface area contributed by atoms with Crippen LogP contribution in [0, 0.1) is 10.8 Å². The molecule has 3 rings (SSSR count). The maximum atomic E-state index is 12.7. The fourth-order valence-electron chi connectivity index (χ4n) is 2.89. The van der Waals surface area contributed by atoms with E-state index in [1.54, 1.807) is 59.7 Å². The second kappa shape index (κ2) is 8.88. The molecule has 0 atom stereocenters. The number of benzene rings is 2. The summed E-state index contributed by atoms with van der Waals surface area (Å²) < 4.78 is 28.7. The summed E-state index contributed by atoms with van der Waals surface area (Å²) >= 11 is 0. The second-order valence-corrected chi connectivity index (χ2v) is 9.91. The standard InChI is InChI=1S/C25H32O7/c1-8-9-12-28-15-10-11-16-17(13-15)19(32-23(27)25(5,6)7)21-20(29-14-30-21)18(16)31-22(26)24(2,3)4/h10-11,13H,8-9,12,14H2,1-7H3. The van der Waals surface area contributed by atoms with Crippen molar-refractivity contribution in [3.05, 3.63) is 18.2 Å². The molecule has 1 aliphatic heterocycles. The molecule has 2 aromatic carbocycles. The molecule has 2 aromatic rings. The van der Waals surface area contributed by atoms with Crippen LogP contribution in [-0.2, 0) is 9.59 Å². The number of hydrogen-bond acceptors (Lipinski definition) is 7. The highest BCUT2D eigenvalue weighted by atomic mass is 16.7. The third kappa shape index (κ3) is 4.92. The SMILES string of the molecule is CCCCOc1ccc2c(OC(=O)C(C)(C)C)c3c(c(OC(=O)C(C)(C)C)c2c1)OCO3. The predicted molar refractivity (Wildman–Crippen MR) is 121 cm³/mol. The zero-order valence-corrected chi connectivity index (χ0v) is 19.9. The van der Waals surface area contributed by atoms with Crippen molar-refractivity contribution < 1.29 is 33.3 Å². The molecule has 1 heterocycles. The minimum absolute atomic E-state index is 0.0777. The summed E-state index contributed by atoms with van der Waals surface area (Å²) in [6, 6.07) is 5.34. The van der Waals surface area contributed by atoms with E-state index in [0.717, 1.165) is 12.8 Å². The summed E-state index contributed by atoms with van der Waals surface area (Å²) in [5.74, 6) is 0.717. The Morgan fingerprint density at radius 2 is 1.41 bits per heavy atom. The maximum absolute atomic E-state index is 12.7. The molecule has 0 aromatic heterocycles. The molecule has 0 aliphatic carbocycles. The second-order valence-electron chi connectivity index (χ2n) is 9.91. The Morgan fingerprint density at radius 3 is 1.91 bits per heavy atom. The van der Waals surface area contributed by atoms with Gasteiger partial charge in [-0.05, 0) is 66.2 Å². The van der Waals surface area contributed by atoms with Gasteiger partial charge in [-0.2, -0.15) is 0 Å². The van der Waals surface area contributed by atoms with Crippen molar-refractivity contribution in [3.63, 3.8) is 0 Å². The molecule has 0 unspecified atom stereocenters. The summed E-state index contributed by atoms with van der Waals surface area (Å²) in [4.78, 5) is 25.4. The summed E-state index contributed by atoms with van der Waals surface area (Å²) in [5, 5.41) is 1.10. The average molecular weight is 445 g/mol. The molecular formula is C25H32O7. The molecule has 174 valence electrons. The number of unbranched alkanes of at least 4 members (excludes halogenated alkanes) is 1. The Morgan fingerprint density at radius 1 is 0.875 bits per heavy atom. The number of ether oxygens (including phenoxy) is 5. The monoisotopic (exact) mass is 444 g/mol. The summed E-state index contributed by atoms with van der Waals surface area (Å²) in [7, 11) is 0. The lowest BCUT2D eigenvalue weighted by molar-refractivity contribution is -0.143. The number of fused-ring (bicyclic) bond motifs is 2. The van der Waals surface area contributed by atoms with Crippen molar-refractivity contribution in [2.45, 2.75) is 61.3 Å². The number of rotatable bonds is 6. The molecule has 7 nitrogen and oxygen atoms in total. The van der Waals surface area contributed by atoms with Gasteiger partial charge in [-0.25, -0.2) is 0 Å². The lowest BCUT2D eigenvalue weighted by Crippen LogP contribution is -2.26. The maximum Gasteiger partial charge on any atom is 0.316 e. The van der Waals surface area contributed by atoms with E-state index in [-0.39, 0.29) is 29.8 Å². The van der Waals surface area contributed by atoms with Crippen molar-refractivity contribution >= 4 is 22.7 Å². The van der Waals surface area contributed by atoms with E-state index >= 15 is 0 Å². The molecule has 0 amide bonds. The molecule has 0 saturated carbocycles. The lowest BCUT2D eigenvalue weighted by Gasteiger charge is -2.21. The van der Waals surface area contributed by atoms with Crippen LogP contribution in [-0.4, -0.2) is 25.3 Å². The first-order chi connectivity index (χ1) is 14.9. The van der Waals surface area contributed by atoms with Crippen LogP contribution < -0.4 is 23.7 Å². The average Bonchev–Trinajstić information content (AvgIpc) is 3.18. The van der Waals surface area contributed by atoms with Crippen LogP contribution in [0.25, 0.3) is 10.8 Å². The molecule has 0 saturated heterocycles. The fraction of sp³-hybridized carbons (Fsp3) is 0.520. The number of esters is 2. The third-order valence-corrected chi connectivity index (χ3v) is 4.89. The van der Waals surface area contributed by atoms with Crippen LogP contribution in [0.3, 0.4) is 0 Å². The fourth-order valence-corrected chi connectivity index (χ4v) is 2.89. The topological polar surface area (TPSA) is 80.3 Å². The van der Waals surface area contributed by atoms with E-state index in [1.165, 1.54) is 0 Å². The van der Waals surface area contributed by atoms with Crippen LogP contribution >= 0.6 is 0 Å². The van der Waals surface area contributed by atoms with Gasteiger partial charge in [0.2, 0.25) is 18.3 Å². The van der Waals surface area contributed by atoms with Gasteiger partial charge >= 0.3 is 11.9 Å². The van der Waals surface area contributed by atoms with Crippen LogP contribution in [0.15, 0.2) is 18.2 Å². The number of hydrogen-bond donors (Lipinski definition) is 0. The Hall–Kier alpha value is -2.96. The Bertz CT molecular complexity index is 1030. The highest BCUT2D eigenvalue weighted by Gasteiger charge is 2.35. The molecular weight excluding hydrogens is 412 g/mol. The Labute approximate surface area is 188 Å². The van der Waals surface area contributed by atoms with E-state index < -0.39 is 22.8 Å². The number of carbonyl (C=O) groups excluding carboxylic acids is 2. The van der Waals surface area contributed by atoms with Crippen molar-refractivity contribution in [3.8, 4) is 28.7 Å². The zero-order chi connectivity index (χ0) is 23.7. The highest BCUT2D eigenvalue weighted by molar-refractivity contribution is 6.02. The molecule has 0 N–H and O–H groups in total. The number of carbonyl (C=O) groups is 2. The van der Waals surface area contributed by atoms with Gasteiger partial charge in [0.15, 0.2) is 11.5 Å². The molecule has 1 aliphatic rings. The van der Waals surface area contributed by atoms with Gasteiger partial charge in [-0.1, -0.05) is 13.3 Å². The van der Waals surface area contributed by atoms with Crippen LogP contribution in [0.1, 0.15) is 61.3 Å². The van der Waals surface area contributed by atoms with Gasteiger partial charge in [0.1, 0.15) is 5.75 Å². The molecule has 7 heteroatoms.